The monoisotopic (exact) mass is 235 g/mol. The van der Waals surface area contributed by atoms with Crippen molar-refractivity contribution in [1.82, 2.24) is 9.97 Å². The Morgan fingerprint density at radius 3 is 3.00 bits per heavy atom. The van der Waals surface area contributed by atoms with Crippen molar-refractivity contribution in [2.24, 2.45) is 0 Å². The zero-order chi connectivity index (χ0) is 12.3. The quantitative estimate of drug-likeness (QED) is 0.843. The predicted molar refractivity (Wildman–Crippen MR) is 64.0 cm³/mol. The maximum absolute atomic E-state index is 11.3. The molecule has 0 saturated carbocycles. The Bertz CT molecular complexity index is 408. The van der Waals surface area contributed by atoms with E-state index in [1.165, 1.54) is 0 Å². The number of hydrogen-bond acceptors (Lipinski definition) is 4. The van der Waals surface area contributed by atoms with Crippen molar-refractivity contribution in [3.05, 3.63) is 18.1 Å². The van der Waals surface area contributed by atoms with E-state index in [4.69, 9.17) is 0 Å². The van der Waals surface area contributed by atoms with E-state index in [2.05, 4.69) is 9.97 Å². The van der Waals surface area contributed by atoms with E-state index in [1.54, 1.807) is 12.3 Å². The van der Waals surface area contributed by atoms with Gasteiger partial charge in [0.15, 0.2) is 0 Å². The van der Waals surface area contributed by atoms with Crippen molar-refractivity contribution < 1.29 is 9.90 Å². The summed E-state index contributed by atoms with van der Waals surface area (Å²) in [5.74, 6) is 0.644. The molecule has 1 aliphatic heterocycles. The van der Waals surface area contributed by atoms with Gasteiger partial charge in [-0.15, -0.1) is 0 Å². The molecule has 0 bridgehead atoms. The third-order valence-electron chi connectivity index (χ3n) is 3.09. The lowest BCUT2D eigenvalue weighted by molar-refractivity contribution is -0.138. The number of hydrogen-bond donors (Lipinski definition) is 1. The van der Waals surface area contributed by atoms with Crippen LogP contribution in [0.4, 0.5) is 5.82 Å². The second kappa shape index (κ2) is 5.12. The van der Waals surface area contributed by atoms with Crippen LogP contribution >= 0.6 is 0 Å². The van der Waals surface area contributed by atoms with Crippen LogP contribution in [0.3, 0.4) is 0 Å². The third kappa shape index (κ3) is 2.72. The fraction of sp³-hybridized carbons (Fsp3) is 0.583. The summed E-state index contributed by atoms with van der Waals surface area (Å²) < 4.78 is 0. The topological polar surface area (TPSA) is 66.3 Å². The summed E-state index contributed by atoms with van der Waals surface area (Å²) in [5, 5.41) is 9.28. The number of anilines is 1. The highest BCUT2D eigenvalue weighted by Crippen LogP contribution is 2.22. The Kier molecular flexibility index (Phi) is 3.56. The average molecular weight is 235 g/mol. The number of carbonyl (C=O) groups is 1. The minimum absolute atomic E-state index is 0.452. The Labute approximate surface area is 100 Å². The number of carboxylic acid groups (broad SMARTS) is 1. The van der Waals surface area contributed by atoms with E-state index in [0.29, 0.717) is 12.2 Å². The maximum atomic E-state index is 11.3. The van der Waals surface area contributed by atoms with Gasteiger partial charge in [0, 0.05) is 12.7 Å². The van der Waals surface area contributed by atoms with Gasteiger partial charge in [0.2, 0.25) is 0 Å². The first-order chi connectivity index (χ1) is 8.18. The summed E-state index contributed by atoms with van der Waals surface area (Å²) in [7, 11) is 0. The van der Waals surface area contributed by atoms with Gasteiger partial charge in [-0.2, -0.15) is 0 Å². The summed E-state index contributed by atoms with van der Waals surface area (Å²) in [6.07, 6.45) is 5.45. The minimum atomic E-state index is -0.761. The highest BCUT2D eigenvalue weighted by molar-refractivity contribution is 5.77. The van der Waals surface area contributed by atoms with Crippen LogP contribution in [-0.4, -0.2) is 33.6 Å². The molecule has 17 heavy (non-hydrogen) atoms. The molecule has 1 aromatic rings. The molecule has 92 valence electrons. The molecule has 0 radical (unpaired) electrons. The zero-order valence-corrected chi connectivity index (χ0v) is 9.96. The van der Waals surface area contributed by atoms with E-state index in [9.17, 15) is 9.90 Å². The standard InChI is InChI=1S/C12H17N3O2/c1-9-13-7-6-11(14-9)15-8-4-2-3-5-10(15)12(16)17/h6-7,10H,2-5,8H2,1H3,(H,16,17). The van der Waals surface area contributed by atoms with Crippen LogP contribution < -0.4 is 4.90 Å². The van der Waals surface area contributed by atoms with Crippen LogP contribution in [0.5, 0.6) is 0 Å². The number of nitrogens with zero attached hydrogens (tertiary/aromatic N) is 3. The molecule has 1 aromatic heterocycles. The molecule has 5 heteroatoms. The van der Waals surface area contributed by atoms with Crippen molar-refractivity contribution in [3.8, 4) is 0 Å². The molecule has 1 atom stereocenters. The van der Waals surface area contributed by atoms with E-state index in [0.717, 1.165) is 31.6 Å². The van der Waals surface area contributed by atoms with Crippen molar-refractivity contribution in [1.29, 1.82) is 0 Å². The normalized spacial score (nSPS) is 21.0. The summed E-state index contributed by atoms with van der Waals surface area (Å²) >= 11 is 0. The van der Waals surface area contributed by atoms with Crippen LogP contribution in [0.1, 0.15) is 31.5 Å². The molecule has 1 N–H and O–H groups in total. The lowest BCUT2D eigenvalue weighted by atomic mass is 10.1. The summed E-state index contributed by atoms with van der Waals surface area (Å²) in [6, 6.07) is 1.33. The van der Waals surface area contributed by atoms with Crippen molar-refractivity contribution in [2.45, 2.75) is 38.6 Å². The zero-order valence-electron chi connectivity index (χ0n) is 9.96. The first-order valence-corrected chi connectivity index (χ1v) is 5.97. The van der Waals surface area contributed by atoms with E-state index in [1.807, 2.05) is 11.8 Å². The molecular formula is C12H17N3O2. The molecule has 1 fully saturated rings. The fourth-order valence-corrected chi connectivity index (χ4v) is 2.24. The molecule has 2 heterocycles. The van der Waals surface area contributed by atoms with Gasteiger partial charge in [0.25, 0.3) is 0 Å². The lowest BCUT2D eigenvalue weighted by Crippen LogP contribution is -2.41. The van der Waals surface area contributed by atoms with Gasteiger partial charge in [-0.05, 0) is 25.8 Å². The second-order valence-electron chi connectivity index (χ2n) is 4.36. The van der Waals surface area contributed by atoms with Gasteiger partial charge in [-0.1, -0.05) is 12.8 Å². The highest BCUT2D eigenvalue weighted by atomic mass is 16.4. The second-order valence-corrected chi connectivity index (χ2v) is 4.36. The van der Waals surface area contributed by atoms with Gasteiger partial charge in [-0.25, -0.2) is 14.8 Å². The molecular weight excluding hydrogens is 218 g/mol. The largest absolute Gasteiger partial charge is 0.480 e. The van der Waals surface area contributed by atoms with E-state index < -0.39 is 12.0 Å². The lowest BCUT2D eigenvalue weighted by Gasteiger charge is -2.27. The molecule has 5 nitrogen and oxygen atoms in total. The van der Waals surface area contributed by atoms with Crippen LogP contribution in [0.25, 0.3) is 0 Å². The van der Waals surface area contributed by atoms with Gasteiger partial charge < -0.3 is 10.0 Å². The number of rotatable bonds is 2. The first-order valence-electron chi connectivity index (χ1n) is 5.97. The van der Waals surface area contributed by atoms with E-state index >= 15 is 0 Å². The summed E-state index contributed by atoms with van der Waals surface area (Å²) in [6.45, 7) is 2.57. The van der Waals surface area contributed by atoms with Crippen LogP contribution in [0.2, 0.25) is 0 Å². The van der Waals surface area contributed by atoms with Gasteiger partial charge in [0.1, 0.15) is 17.7 Å². The molecule has 1 saturated heterocycles. The molecule has 2 rings (SSSR count). The number of aliphatic carboxylic acids is 1. The molecule has 0 spiro atoms. The van der Waals surface area contributed by atoms with Crippen molar-refractivity contribution in [3.63, 3.8) is 0 Å². The minimum Gasteiger partial charge on any atom is -0.480 e. The van der Waals surface area contributed by atoms with Crippen LogP contribution in [0.15, 0.2) is 12.3 Å². The summed E-state index contributed by atoms with van der Waals surface area (Å²) in [5.41, 5.74) is 0. The van der Waals surface area contributed by atoms with Gasteiger partial charge in [0.05, 0.1) is 0 Å². The van der Waals surface area contributed by atoms with E-state index in [-0.39, 0.29) is 0 Å². The molecule has 1 aliphatic rings. The van der Waals surface area contributed by atoms with Gasteiger partial charge in [-0.3, -0.25) is 0 Å². The SMILES string of the molecule is Cc1nccc(N2CCCCCC2C(=O)O)n1. The average Bonchev–Trinajstić information content (AvgIpc) is 2.54. The molecule has 0 amide bonds. The number of carboxylic acids is 1. The van der Waals surface area contributed by atoms with Crippen LogP contribution in [-0.2, 0) is 4.79 Å². The molecule has 0 aromatic carbocycles. The Hall–Kier alpha value is -1.65. The Morgan fingerprint density at radius 1 is 1.47 bits per heavy atom. The molecule has 1 unspecified atom stereocenters. The Balaban J connectivity index is 2.28. The maximum Gasteiger partial charge on any atom is 0.326 e. The number of aromatic nitrogens is 2. The first kappa shape index (κ1) is 11.8. The van der Waals surface area contributed by atoms with Crippen LogP contribution in [0, 0.1) is 6.92 Å². The fourth-order valence-electron chi connectivity index (χ4n) is 2.24. The third-order valence-corrected chi connectivity index (χ3v) is 3.09. The van der Waals surface area contributed by atoms with Crippen molar-refractivity contribution in [2.75, 3.05) is 11.4 Å². The predicted octanol–water partition coefficient (Wildman–Crippen LogP) is 1.62. The molecule has 0 aliphatic carbocycles. The highest BCUT2D eigenvalue weighted by Gasteiger charge is 2.28. The number of aryl methyl sites for hydroxylation is 1. The smallest absolute Gasteiger partial charge is 0.326 e. The Morgan fingerprint density at radius 2 is 2.29 bits per heavy atom. The van der Waals surface area contributed by atoms with Crippen molar-refractivity contribution >= 4 is 11.8 Å². The summed E-state index contributed by atoms with van der Waals surface area (Å²) in [4.78, 5) is 21.5. The van der Waals surface area contributed by atoms with Gasteiger partial charge >= 0.3 is 5.97 Å².